The normalized spacial score (nSPS) is 23.2. The average Bonchev–Trinajstić information content (AvgIpc) is 3.26. The lowest BCUT2D eigenvalue weighted by Crippen LogP contribution is -2.33. The Hall–Kier alpha value is -3.72. The van der Waals surface area contributed by atoms with Crippen molar-refractivity contribution in [2.75, 3.05) is 24.9 Å². The number of anilines is 2. The van der Waals surface area contributed by atoms with E-state index in [1.165, 1.54) is 17.9 Å². The van der Waals surface area contributed by atoms with Crippen LogP contribution in [0.1, 0.15) is 11.8 Å². The summed E-state index contributed by atoms with van der Waals surface area (Å²) in [5.74, 6) is -0.161. The fourth-order valence-corrected chi connectivity index (χ4v) is 3.38. The summed E-state index contributed by atoms with van der Waals surface area (Å²) in [4.78, 5) is 22.8. The monoisotopic (exact) mass is 447 g/mol. The van der Waals surface area contributed by atoms with E-state index in [0.717, 1.165) is 0 Å². The first-order chi connectivity index (χ1) is 15.3. The van der Waals surface area contributed by atoms with Crippen LogP contribution in [0.5, 0.6) is 11.5 Å². The molecule has 1 aromatic carbocycles. The third-order valence-corrected chi connectivity index (χ3v) is 4.96. The smallest absolute Gasteiger partial charge is 0.280 e. The van der Waals surface area contributed by atoms with Crippen LogP contribution in [0.25, 0.3) is 11.2 Å². The largest absolute Gasteiger partial charge is 0.504 e. The molecule has 0 unspecified atom stereocenters. The molecule has 4 rings (SSSR count). The van der Waals surface area contributed by atoms with Crippen LogP contribution < -0.4 is 21.5 Å². The van der Waals surface area contributed by atoms with Crippen LogP contribution in [0.15, 0.2) is 28.1 Å². The van der Waals surface area contributed by atoms with Gasteiger partial charge in [0.2, 0.25) is 11.9 Å². The number of imidazole rings is 1. The second-order valence-corrected chi connectivity index (χ2v) is 6.93. The number of para-hydroxylation sites is 1. The summed E-state index contributed by atoms with van der Waals surface area (Å²) in [7, 11) is 1.41. The summed E-state index contributed by atoms with van der Waals surface area (Å²) in [6.45, 7) is -0.548. The lowest BCUT2D eigenvalue weighted by molar-refractivity contribution is -0.0501. The number of nitrogens with zero attached hydrogens (tertiary/aromatic N) is 4. The molecule has 8 N–H and O–H groups in total. The number of nitrogen functional groups attached to an aromatic ring is 1. The highest BCUT2D eigenvalue weighted by atomic mass is 16.6. The van der Waals surface area contributed by atoms with Crippen molar-refractivity contribution in [3.8, 4) is 11.5 Å². The van der Waals surface area contributed by atoms with Crippen molar-refractivity contribution in [2.24, 2.45) is 5.10 Å². The second kappa shape index (κ2) is 8.43. The Morgan fingerprint density at radius 1 is 1.38 bits per heavy atom. The molecule has 14 nitrogen and oxygen atoms in total. The van der Waals surface area contributed by atoms with Crippen molar-refractivity contribution in [2.45, 2.75) is 24.5 Å². The third-order valence-electron chi connectivity index (χ3n) is 4.96. The quantitative estimate of drug-likeness (QED) is 0.170. The summed E-state index contributed by atoms with van der Waals surface area (Å²) < 4.78 is 11.8. The number of H-pyrrole nitrogens is 1. The zero-order valence-corrected chi connectivity index (χ0v) is 16.7. The van der Waals surface area contributed by atoms with Crippen molar-refractivity contribution in [3.63, 3.8) is 0 Å². The van der Waals surface area contributed by atoms with E-state index < -0.39 is 36.7 Å². The maximum absolute atomic E-state index is 12.3. The van der Waals surface area contributed by atoms with Crippen molar-refractivity contribution in [1.82, 2.24) is 19.5 Å². The van der Waals surface area contributed by atoms with E-state index in [1.807, 2.05) is 0 Å². The van der Waals surface area contributed by atoms with Crippen molar-refractivity contribution < 1.29 is 29.9 Å². The van der Waals surface area contributed by atoms with E-state index >= 15 is 0 Å². The molecule has 0 amide bonds. The molecule has 0 radical (unpaired) electrons. The van der Waals surface area contributed by atoms with E-state index in [-0.39, 0.29) is 34.6 Å². The molecule has 0 aliphatic carbocycles. The van der Waals surface area contributed by atoms with Gasteiger partial charge in [-0.2, -0.15) is 10.1 Å². The van der Waals surface area contributed by atoms with E-state index in [4.69, 9.17) is 15.2 Å². The number of rotatable bonds is 6. The van der Waals surface area contributed by atoms with Gasteiger partial charge in [0.25, 0.3) is 5.56 Å². The minimum Gasteiger partial charge on any atom is -0.504 e. The summed E-state index contributed by atoms with van der Waals surface area (Å²) in [5, 5.41) is 44.2. The summed E-state index contributed by atoms with van der Waals surface area (Å²) >= 11 is 0. The Bertz CT molecular complexity index is 1220. The summed E-state index contributed by atoms with van der Waals surface area (Å²) in [5.41, 5.74) is 7.77. The standard InChI is InChI=1S/C18H21N7O7/c1-31-8-4-2-3-7(11(8)27)5-20-24-18-21-10-14(22-17(19)23-15(10)30)25(18)16-13(29)12(28)9(6-26)32-16/h2-5,9,12-13,16,26-29H,6H2,1H3,(H,21,24)(H3,19,22,23,30)/b20-5-/t9-,12-,13+,16-/m1/s1. The average molecular weight is 447 g/mol. The number of aliphatic hydroxyl groups excluding tert-OH is 3. The molecule has 170 valence electrons. The van der Waals surface area contributed by atoms with E-state index in [9.17, 15) is 25.2 Å². The molecule has 1 aliphatic heterocycles. The number of aromatic nitrogens is 4. The first-order valence-electron chi connectivity index (χ1n) is 9.41. The Labute approximate surface area is 179 Å². The fraction of sp³-hybridized carbons (Fsp3) is 0.333. The number of methoxy groups -OCH3 is 1. The number of aliphatic hydroxyl groups is 3. The van der Waals surface area contributed by atoms with Gasteiger partial charge in [0, 0.05) is 5.56 Å². The van der Waals surface area contributed by atoms with Crippen molar-refractivity contribution in [3.05, 3.63) is 34.1 Å². The molecular weight excluding hydrogens is 426 g/mol. The zero-order valence-electron chi connectivity index (χ0n) is 16.7. The van der Waals surface area contributed by atoms with Crippen LogP contribution in [0.4, 0.5) is 11.9 Å². The van der Waals surface area contributed by atoms with Gasteiger partial charge in [0.1, 0.15) is 18.3 Å². The van der Waals surface area contributed by atoms with E-state index in [0.29, 0.717) is 5.56 Å². The Balaban J connectivity index is 1.76. The Kier molecular flexibility index (Phi) is 5.67. The SMILES string of the molecule is COc1cccc(/C=N\Nc2nc3c(=O)[nH]c(N)nc3n2[C@@H]2O[C@H](CO)[C@@H](O)[C@@H]2O)c1O. The van der Waals surface area contributed by atoms with Gasteiger partial charge in [-0.15, -0.1) is 0 Å². The number of aromatic hydroxyl groups is 1. The van der Waals surface area contributed by atoms with Crippen LogP contribution in [0, 0.1) is 0 Å². The minimum absolute atomic E-state index is 0.0389. The number of hydrogen-bond donors (Lipinski definition) is 7. The van der Waals surface area contributed by atoms with E-state index in [1.54, 1.807) is 18.2 Å². The topological polar surface area (TPSA) is 213 Å². The number of benzene rings is 1. The number of phenolic OH excluding ortho intramolecular Hbond substituents is 1. The molecule has 0 saturated carbocycles. The predicted octanol–water partition coefficient (Wildman–Crippen LogP) is -1.53. The number of ether oxygens (including phenoxy) is 2. The molecule has 2 aromatic heterocycles. The van der Waals surface area contributed by atoms with Gasteiger partial charge in [0.15, 0.2) is 28.9 Å². The fourth-order valence-electron chi connectivity index (χ4n) is 3.38. The lowest BCUT2D eigenvalue weighted by Gasteiger charge is -2.18. The maximum atomic E-state index is 12.3. The van der Waals surface area contributed by atoms with Gasteiger partial charge in [-0.25, -0.2) is 10.4 Å². The number of hydrazone groups is 1. The first kappa shape index (κ1) is 21.5. The van der Waals surface area contributed by atoms with Crippen molar-refractivity contribution >= 4 is 29.3 Å². The van der Waals surface area contributed by atoms with Gasteiger partial charge < -0.3 is 35.6 Å². The number of phenols is 1. The number of nitrogens with one attached hydrogen (secondary N) is 2. The predicted molar refractivity (Wildman–Crippen MR) is 111 cm³/mol. The number of fused-ring (bicyclic) bond motifs is 1. The minimum atomic E-state index is -1.47. The molecule has 32 heavy (non-hydrogen) atoms. The number of hydrogen-bond acceptors (Lipinski definition) is 12. The lowest BCUT2D eigenvalue weighted by atomic mass is 10.1. The molecule has 3 heterocycles. The molecule has 0 bridgehead atoms. The summed E-state index contributed by atoms with van der Waals surface area (Å²) in [6.07, 6.45) is -3.92. The van der Waals surface area contributed by atoms with Gasteiger partial charge in [-0.3, -0.25) is 14.3 Å². The van der Waals surface area contributed by atoms with Gasteiger partial charge in [-0.1, -0.05) is 6.07 Å². The van der Waals surface area contributed by atoms with Crippen LogP contribution >= 0.6 is 0 Å². The zero-order chi connectivity index (χ0) is 23.0. The molecule has 1 fully saturated rings. The molecule has 14 heteroatoms. The molecule has 0 spiro atoms. The molecule has 3 aromatic rings. The van der Waals surface area contributed by atoms with Crippen LogP contribution in [0.2, 0.25) is 0 Å². The number of nitrogens with two attached hydrogens (primary N) is 1. The van der Waals surface area contributed by atoms with Crippen LogP contribution in [0.3, 0.4) is 0 Å². The summed E-state index contributed by atoms with van der Waals surface area (Å²) in [6, 6.07) is 4.81. The first-order valence-corrected chi connectivity index (χ1v) is 9.41. The third kappa shape index (κ3) is 3.60. The maximum Gasteiger partial charge on any atom is 0.280 e. The van der Waals surface area contributed by atoms with Gasteiger partial charge in [-0.05, 0) is 12.1 Å². The Morgan fingerprint density at radius 3 is 2.84 bits per heavy atom. The second-order valence-electron chi connectivity index (χ2n) is 6.93. The highest BCUT2D eigenvalue weighted by Gasteiger charge is 2.45. The van der Waals surface area contributed by atoms with Crippen molar-refractivity contribution in [1.29, 1.82) is 0 Å². The molecule has 1 aliphatic rings. The van der Waals surface area contributed by atoms with E-state index in [2.05, 4.69) is 25.5 Å². The molecule has 4 atom stereocenters. The number of aromatic amines is 1. The molecule has 1 saturated heterocycles. The van der Waals surface area contributed by atoms with Crippen LogP contribution in [-0.2, 0) is 4.74 Å². The highest BCUT2D eigenvalue weighted by molar-refractivity contribution is 5.85. The van der Waals surface area contributed by atoms with Gasteiger partial charge >= 0.3 is 0 Å². The molecular formula is C18H21N7O7. The van der Waals surface area contributed by atoms with Gasteiger partial charge in [0.05, 0.1) is 19.9 Å². The van der Waals surface area contributed by atoms with Crippen LogP contribution in [-0.4, -0.2) is 78.2 Å². The highest BCUT2D eigenvalue weighted by Crippen LogP contribution is 2.34. The Morgan fingerprint density at radius 2 is 2.16 bits per heavy atom.